The normalized spacial score (nSPS) is 13.4. The molecule has 1 aromatic carbocycles. The van der Waals surface area contributed by atoms with E-state index in [9.17, 15) is 40.7 Å². The first kappa shape index (κ1) is 27.7. The summed E-state index contributed by atoms with van der Waals surface area (Å²) in [6.45, 7) is 3.11. The monoisotopic (exact) mass is 504 g/mol. The van der Waals surface area contributed by atoms with Crippen LogP contribution < -0.4 is 10.9 Å². The van der Waals surface area contributed by atoms with Crippen LogP contribution >= 0.6 is 0 Å². The standard InChI is InChI=1S/C16H16F3NO3.C7H6F3NO/c1-2-23-14(21)12-7-11(10-5-3-4-6-10)8-13(9-12)20-15(22)16(17,18)19;1-4-2-5(7(8,9)10)3-11-6(4)12/h5,7-9H,2-4,6H2,1H3,(H,20,22);2-3H,1H3,(H,11,12). The second-order valence-corrected chi connectivity index (χ2v) is 7.49. The first-order valence-electron chi connectivity index (χ1n) is 10.4. The summed E-state index contributed by atoms with van der Waals surface area (Å²) in [4.78, 5) is 35.7. The highest BCUT2D eigenvalue weighted by Gasteiger charge is 2.38. The van der Waals surface area contributed by atoms with Crippen molar-refractivity contribution >= 4 is 23.1 Å². The van der Waals surface area contributed by atoms with Crippen LogP contribution in [0, 0.1) is 6.92 Å². The Kier molecular flexibility index (Phi) is 8.88. The van der Waals surface area contributed by atoms with Crippen LogP contribution in [0.1, 0.15) is 53.2 Å². The molecule has 1 aliphatic carbocycles. The third-order valence-electron chi connectivity index (χ3n) is 4.79. The van der Waals surface area contributed by atoms with E-state index in [-0.39, 0.29) is 23.4 Å². The molecule has 2 aromatic rings. The summed E-state index contributed by atoms with van der Waals surface area (Å²) >= 11 is 0. The van der Waals surface area contributed by atoms with Gasteiger partial charge in [-0.1, -0.05) is 6.08 Å². The van der Waals surface area contributed by atoms with E-state index < -0.39 is 35.4 Å². The van der Waals surface area contributed by atoms with Crippen LogP contribution in [0.5, 0.6) is 0 Å². The predicted octanol–water partition coefficient (Wildman–Crippen LogP) is 5.63. The van der Waals surface area contributed by atoms with Crippen LogP contribution in [0.4, 0.5) is 32.0 Å². The minimum atomic E-state index is -4.99. The molecule has 1 amide bonds. The largest absolute Gasteiger partial charge is 0.471 e. The summed E-state index contributed by atoms with van der Waals surface area (Å²) in [5.74, 6) is -2.72. The van der Waals surface area contributed by atoms with E-state index in [1.165, 1.54) is 19.1 Å². The van der Waals surface area contributed by atoms with Crippen LogP contribution in [0.15, 0.2) is 41.3 Å². The predicted molar refractivity (Wildman–Crippen MR) is 116 cm³/mol. The van der Waals surface area contributed by atoms with Gasteiger partial charge < -0.3 is 15.0 Å². The maximum Gasteiger partial charge on any atom is 0.471 e. The van der Waals surface area contributed by atoms with Crippen molar-refractivity contribution in [2.75, 3.05) is 11.9 Å². The van der Waals surface area contributed by atoms with E-state index in [0.717, 1.165) is 30.9 Å². The van der Waals surface area contributed by atoms with Gasteiger partial charge >= 0.3 is 24.2 Å². The zero-order valence-electron chi connectivity index (χ0n) is 18.7. The minimum absolute atomic E-state index is 0.0600. The van der Waals surface area contributed by atoms with Gasteiger partial charge in [-0.05, 0) is 68.5 Å². The molecule has 0 saturated carbocycles. The summed E-state index contributed by atoms with van der Waals surface area (Å²) < 4.78 is 78.0. The molecule has 1 aliphatic rings. The zero-order chi connectivity index (χ0) is 26.4. The summed E-state index contributed by atoms with van der Waals surface area (Å²) in [5.41, 5.74) is 0.312. The Morgan fingerprint density at radius 2 is 1.77 bits per heavy atom. The number of carbonyl (C=O) groups is 2. The van der Waals surface area contributed by atoms with Crippen molar-refractivity contribution in [3.63, 3.8) is 0 Å². The van der Waals surface area contributed by atoms with Gasteiger partial charge in [-0.2, -0.15) is 26.3 Å². The topological polar surface area (TPSA) is 88.3 Å². The minimum Gasteiger partial charge on any atom is -0.462 e. The van der Waals surface area contributed by atoms with Gasteiger partial charge in [0.1, 0.15) is 0 Å². The van der Waals surface area contributed by atoms with Gasteiger partial charge in [-0.25, -0.2) is 4.79 Å². The number of benzene rings is 1. The molecule has 0 unspecified atom stereocenters. The van der Waals surface area contributed by atoms with E-state index in [2.05, 4.69) is 0 Å². The number of allylic oxidation sites excluding steroid dienone is 2. The van der Waals surface area contributed by atoms with Crippen molar-refractivity contribution < 1.29 is 40.7 Å². The van der Waals surface area contributed by atoms with Crippen LogP contribution in [0.2, 0.25) is 0 Å². The number of pyridine rings is 1. The fourth-order valence-corrected chi connectivity index (χ4v) is 3.11. The number of nitrogens with one attached hydrogen (secondary N) is 2. The number of alkyl halides is 6. The number of amides is 1. The first-order valence-corrected chi connectivity index (χ1v) is 10.4. The maximum absolute atomic E-state index is 12.4. The second-order valence-electron chi connectivity index (χ2n) is 7.49. The Hall–Kier alpha value is -3.57. The van der Waals surface area contributed by atoms with Gasteiger partial charge in [0.25, 0.3) is 5.56 Å². The number of esters is 1. The average molecular weight is 504 g/mol. The lowest BCUT2D eigenvalue weighted by atomic mass is 10.0. The molecule has 0 fully saturated rings. The molecule has 2 N–H and O–H groups in total. The molecule has 1 aromatic heterocycles. The third kappa shape index (κ3) is 8.01. The molecule has 0 saturated heterocycles. The molecule has 1 heterocycles. The summed E-state index contributed by atoms with van der Waals surface area (Å²) in [6.07, 6.45) is -4.15. The molecule has 0 radical (unpaired) electrons. The summed E-state index contributed by atoms with van der Waals surface area (Å²) in [6, 6.07) is 5.00. The number of halogens is 6. The number of H-pyrrole nitrogens is 1. The van der Waals surface area contributed by atoms with Crippen molar-refractivity contribution in [2.45, 2.75) is 45.5 Å². The lowest BCUT2D eigenvalue weighted by molar-refractivity contribution is -0.167. The fourth-order valence-electron chi connectivity index (χ4n) is 3.11. The van der Waals surface area contributed by atoms with Gasteiger partial charge in [-0.3, -0.25) is 9.59 Å². The lowest BCUT2D eigenvalue weighted by Gasteiger charge is -2.12. The molecule has 12 heteroatoms. The summed E-state index contributed by atoms with van der Waals surface area (Å²) in [5, 5.41) is 1.78. The SMILES string of the molecule is CCOC(=O)c1cc(NC(=O)C(F)(F)F)cc(C2=CCCC2)c1.Cc1cc(C(F)(F)F)c[nH]c1=O. The van der Waals surface area contributed by atoms with Crippen LogP contribution in [-0.4, -0.2) is 29.6 Å². The van der Waals surface area contributed by atoms with Gasteiger partial charge in [0.05, 0.1) is 17.7 Å². The fraction of sp³-hybridized carbons (Fsp3) is 0.348. The molecular formula is C23H22F6N2O4. The number of hydrogen-bond acceptors (Lipinski definition) is 4. The number of anilines is 1. The van der Waals surface area contributed by atoms with Gasteiger partial charge in [0.2, 0.25) is 0 Å². The highest BCUT2D eigenvalue weighted by atomic mass is 19.4. The van der Waals surface area contributed by atoms with Crippen LogP contribution in [-0.2, 0) is 15.7 Å². The Morgan fingerprint density at radius 3 is 2.29 bits per heavy atom. The first-order chi connectivity index (χ1) is 16.2. The van der Waals surface area contributed by atoms with Crippen molar-refractivity contribution in [3.8, 4) is 0 Å². The molecule has 190 valence electrons. The maximum atomic E-state index is 12.4. The van der Waals surface area contributed by atoms with E-state index >= 15 is 0 Å². The van der Waals surface area contributed by atoms with Gasteiger partial charge in [-0.15, -0.1) is 0 Å². The second kappa shape index (κ2) is 11.2. The zero-order valence-corrected chi connectivity index (χ0v) is 18.7. The molecule has 0 aliphatic heterocycles. The molecule has 6 nitrogen and oxygen atoms in total. The van der Waals surface area contributed by atoms with Crippen molar-refractivity contribution in [1.29, 1.82) is 0 Å². The van der Waals surface area contributed by atoms with E-state index in [1.54, 1.807) is 18.3 Å². The lowest BCUT2D eigenvalue weighted by Crippen LogP contribution is -2.30. The number of aromatic nitrogens is 1. The number of ether oxygens (including phenoxy) is 1. The van der Waals surface area contributed by atoms with E-state index in [4.69, 9.17) is 4.74 Å². The Morgan fingerprint density at radius 1 is 1.09 bits per heavy atom. The van der Waals surface area contributed by atoms with Crippen molar-refractivity contribution in [2.24, 2.45) is 0 Å². The van der Waals surface area contributed by atoms with E-state index in [1.807, 2.05) is 11.1 Å². The number of aromatic amines is 1. The number of hydrogen-bond donors (Lipinski definition) is 2. The Bertz CT molecular complexity index is 1170. The molecule has 0 spiro atoms. The number of aryl methyl sites for hydroxylation is 1. The van der Waals surface area contributed by atoms with Gasteiger partial charge in [0, 0.05) is 17.4 Å². The molecule has 35 heavy (non-hydrogen) atoms. The highest BCUT2D eigenvalue weighted by molar-refractivity contribution is 5.98. The number of rotatable bonds is 4. The Labute approximate surface area is 196 Å². The van der Waals surface area contributed by atoms with Gasteiger partial charge in [0.15, 0.2) is 0 Å². The van der Waals surface area contributed by atoms with E-state index in [0.29, 0.717) is 11.8 Å². The molecule has 0 bridgehead atoms. The molecule has 3 rings (SSSR count). The Balaban J connectivity index is 0.000000303. The van der Waals surface area contributed by atoms with Crippen LogP contribution in [0.25, 0.3) is 5.57 Å². The third-order valence-corrected chi connectivity index (χ3v) is 4.79. The quantitative estimate of drug-likeness (QED) is 0.417. The average Bonchev–Trinajstić information content (AvgIpc) is 3.30. The number of carbonyl (C=O) groups excluding carboxylic acids is 2. The molecular weight excluding hydrogens is 482 g/mol. The summed E-state index contributed by atoms with van der Waals surface area (Å²) in [7, 11) is 0. The highest BCUT2D eigenvalue weighted by Crippen LogP contribution is 2.31. The smallest absolute Gasteiger partial charge is 0.462 e. The van der Waals surface area contributed by atoms with Crippen molar-refractivity contribution in [1.82, 2.24) is 4.98 Å². The van der Waals surface area contributed by atoms with Crippen molar-refractivity contribution in [3.05, 3.63) is 69.1 Å². The van der Waals surface area contributed by atoms with Crippen LogP contribution in [0.3, 0.4) is 0 Å². The molecule has 0 atom stereocenters.